The molecule has 0 aliphatic heterocycles. The van der Waals surface area contributed by atoms with Crippen LogP contribution in [0.4, 0.5) is 0 Å². The Morgan fingerprint density at radius 2 is 1.81 bits per heavy atom. The number of aryl methyl sites for hydroxylation is 1. The van der Waals surface area contributed by atoms with E-state index in [0.29, 0.717) is 30.1 Å². The molecule has 2 aromatic heterocycles. The number of fused-ring (bicyclic) bond motifs is 3. The van der Waals surface area contributed by atoms with Crippen LogP contribution in [0.1, 0.15) is 13.8 Å². The predicted octanol–water partition coefficient (Wildman–Crippen LogP) is 2.21. The van der Waals surface area contributed by atoms with E-state index in [1.165, 1.54) is 4.68 Å². The molecular formula is C15H17N3O3. The zero-order chi connectivity index (χ0) is 15.0. The first kappa shape index (κ1) is 13.5. The standard InChI is InChI=1S/C15H17N3O3/c1-4-20-12-6-9-11(7-13(12)21-5-2)16-8-10-14(9)17-18(3)15(10)19/h6-8,17H,4-5H2,1-3H3. The Labute approximate surface area is 121 Å². The minimum atomic E-state index is -0.0914. The van der Waals surface area contributed by atoms with Gasteiger partial charge in [0, 0.05) is 24.7 Å². The number of benzene rings is 1. The van der Waals surface area contributed by atoms with Crippen LogP contribution < -0.4 is 15.0 Å². The highest BCUT2D eigenvalue weighted by Gasteiger charge is 2.13. The summed E-state index contributed by atoms with van der Waals surface area (Å²) in [7, 11) is 1.69. The molecule has 1 N–H and O–H groups in total. The molecule has 0 unspecified atom stereocenters. The largest absolute Gasteiger partial charge is 0.490 e. The van der Waals surface area contributed by atoms with Crippen LogP contribution in [0, 0.1) is 0 Å². The molecule has 6 nitrogen and oxygen atoms in total. The lowest BCUT2D eigenvalue weighted by Crippen LogP contribution is -2.11. The van der Waals surface area contributed by atoms with E-state index in [1.54, 1.807) is 13.2 Å². The van der Waals surface area contributed by atoms with E-state index in [1.807, 2.05) is 26.0 Å². The molecule has 21 heavy (non-hydrogen) atoms. The Balaban J connectivity index is 2.34. The van der Waals surface area contributed by atoms with Crippen LogP contribution in [0.25, 0.3) is 21.8 Å². The molecular weight excluding hydrogens is 270 g/mol. The first-order valence-corrected chi connectivity index (χ1v) is 6.92. The van der Waals surface area contributed by atoms with Crippen LogP contribution in [0.5, 0.6) is 11.5 Å². The highest BCUT2D eigenvalue weighted by atomic mass is 16.5. The van der Waals surface area contributed by atoms with Crippen molar-refractivity contribution in [2.45, 2.75) is 13.8 Å². The van der Waals surface area contributed by atoms with E-state index < -0.39 is 0 Å². The molecule has 3 rings (SSSR count). The van der Waals surface area contributed by atoms with Crippen molar-refractivity contribution >= 4 is 21.8 Å². The number of H-pyrrole nitrogens is 1. The summed E-state index contributed by atoms with van der Waals surface area (Å²) < 4.78 is 12.7. The van der Waals surface area contributed by atoms with Gasteiger partial charge >= 0.3 is 0 Å². The molecule has 0 amide bonds. The molecule has 0 atom stereocenters. The predicted molar refractivity (Wildman–Crippen MR) is 81.2 cm³/mol. The van der Waals surface area contributed by atoms with Gasteiger partial charge in [0.1, 0.15) is 0 Å². The first-order chi connectivity index (χ1) is 10.2. The maximum atomic E-state index is 12.0. The lowest BCUT2D eigenvalue weighted by molar-refractivity contribution is 0.288. The fourth-order valence-electron chi connectivity index (χ4n) is 2.42. The monoisotopic (exact) mass is 287 g/mol. The molecule has 0 fully saturated rings. The number of nitrogens with zero attached hydrogens (tertiary/aromatic N) is 2. The number of hydrogen-bond acceptors (Lipinski definition) is 4. The molecule has 0 aliphatic carbocycles. The molecule has 3 aromatic rings. The van der Waals surface area contributed by atoms with Gasteiger partial charge in [-0.3, -0.25) is 19.6 Å². The fraction of sp³-hybridized carbons (Fsp3) is 0.333. The number of ether oxygens (including phenoxy) is 2. The first-order valence-electron chi connectivity index (χ1n) is 6.92. The van der Waals surface area contributed by atoms with Gasteiger partial charge in [-0.1, -0.05) is 0 Å². The number of aromatic nitrogens is 3. The highest BCUT2D eigenvalue weighted by Crippen LogP contribution is 2.34. The second-order valence-corrected chi connectivity index (χ2v) is 4.70. The quantitative estimate of drug-likeness (QED) is 0.798. The summed E-state index contributed by atoms with van der Waals surface area (Å²) in [6.07, 6.45) is 1.59. The summed E-state index contributed by atoms with van der Waals surface area (Å²) in [4.78, 5) is 16.3. The average Bonchev–Trinajstić information content (AvgIpc) is 2.76. The molecule has 0 radical (unpaired) electrons. The van der Waals surface area contributed by atoms with Gasteiger partial charge in [-0.2, -0.15) is 0 Å². The van der Waals surface area contributed by atoms with Crippen LogP contribution in [0.2, 0.25) is 0 Å². The second-order valence-electron chi connectivity index (χ2n) is 4.70. The third-order valence-electron chi connectivity index (χ3n) is 3.35. The lowest BCUT2D eigenvalue weighted by atomic mass is 10.1. The molecule has 1 aromatic carbocycles. The summed E-state index contributed by atoms with van der Waals surface area (Å²) in [6.45, 7) is 4.94. The van der Waals surface area contributed by atoms with Crippen molar-refractivity contribution in [3.05, 3.63) is 28.7 Å². The van der Waals surface area contributed by atoms with E-state index in [4.69, 9.17) is 9.47 Å². The van der Waals surface area contributed by atoms with Crippen LogP contribution in [-0.2, 0) is 7.05 Å². The molecule has 2 heterocycles. The van der Waals surface area contributed by atoms with Crippen LogP contribution in [-0.4, -0.2) is 28.0 Å². The van der Waals surface area contributed by atoms with Crippen LogP contribution in [0.3, 0.4) is 0 Å². The molecule has 0 saturated heterocycles. The van der Waals surface area contributed by atoms with E-state index >= 15 is 0 Å². The minimum absolute atomic E-state index is 0.0914. The number of aromatic amines is 1. The molecule has 6 heteroatoms. The summed E-state index contributed by atoms with van der Waals surface area (Å²) in [5, 5.41) is 4.47. The Morgan fingerprint density at radius 1 is 1.14 bits per heavy atom. The number of rotatable bonds is 4. The number of hydrogen-bond donors (Lipinski definition) is 1. The normalized spacial score (nSPS) is 11.2. The van der Waals surface area contributed by atoms with Gasteiger partial charge in [-0.05, 0) is 19.9 Å². The summed E-state index contributed by atoms with van der Waals surface area (Å²) in [6, 6.07) is 3.71. The van der Waals surface area contributed by atoms with Crippen LogP contribution in [0.15, 0.2) is 23.1 Å². The SMILES string of the molecule is CCOc1cc2ncc3c(=O)n(C)[nH]c3c2cc1OCC. The topological polar surface area (TPSA) is 69.1 Å². The Hall–Kier alpha value is -2.50. The lowest BCUT2D eigenvalue weighted by Gasteiger charge is -2.12. The average molecular weight is 287 g/mol. The van der Waals surface area contributed by atoms with Gasteiger partial charge in [0.15, 0.2) is 11.5 Å². The Morgan fingerprint density at radius 3 is 2.48 bits per heavy atom. The molecule has 0 aliphatic rings. The van der Waals surface area contributed by atoms with Gasteiger partial charge in [0.05, 0.1) is 29.6 Å². The van der Waals surface area contributed by atoms with E-state index in [2.05, 4.69) is 10.1 Å². The second kappa shape index (κ2) is 5.12. The van der Waals surface area contributed by atoms with E-state index in [9.17, 15) is 4.79 Å². The summed E-state index contributed by atoms with van der Waals surface area (Å²) in [5.74, 6) is 1.32. The maximum Gasteiger partial charge on any atom is 0.275 e. The van der Waals surface area contributed by atoms with Gasteiger partial charge < -0.3 is 9.47 Å². The third-order valence-corrected chi connectivity index (χ3v) is 3.35. The van der Waals surface area contributed by atoms with Crippen molar-refractivity contribution in [1.29, 1.82) is 0 Å². The van der Waals surface area contributed by atoms with Crippen LogP contribution >= 0.6 is 0 Å². The highest BCUT2D eigenvalue weighted by molar-refractivity contribution is 6.03. The number of nitrogens with one attached hydrogen (secondary N) is 1. The van der Waals surface area contributed by atoms with Gasteiger partial charge in [-0.25, -0.2) is 0 Å². The summed E-state index contributed by atoms with van der Waals surface area (Å²) in [5.41, 5.74) is 1.43. The zero-order valence-electron chi connectivity index (χ0n) is 12.3. The van der Waals surface area contributed by atoms with E-state index in [-0.39, 0.29) is 5.56 Å². The molecule has 0 saturated carbocycles. The zero-order valence-corrected chi connectivity index (χ0v) is 12.3. The summed E-state index contributed by atoms with van der Waals surface area (Å²) >= 11 is 0. The Bertz CT molecular complexity index is 864. The minimum Gasteiger partial charge on any atom is -0.490 e. The third kappa shape index (κ3) is 2.12. The number of pyridine rings is 1. The van der Waals surface area contributed by atoms with Gasteiger partial charge in [-0.15, -0.1) is 0 Å². The van der Waals surface area contributed by atoms with Crippen molar-refractivity contribution in [3.8, 4) is 11.5 Å². The van der Waals surface area contributed by atoms with Gasteiger partial charge in [0.25, 0.3) is 5.56 Å². The fourth-order valence-corrected chi connectivity index (χ4v) is 2.42. The Kier molecular flexibility index (Phi) is 3.29. The van der Waals surface area contributed by atoms with Crippen molar-refractivity contribution < 1.29 is 9.47 Å². The van der Waals surface area contributed by atoms with Crippen molar-refractivity contribution in [3.63, 3.8) is 0 Å². The smallest absolute Gasteiger partial charge is 0.275 e. The molecule has 110 valence electrons. The molecule has 0 spiro atoms. The van der Waals surface area contributed by atoms with Crippen molar-refractivity contribution in [1.82, 2.24) is 14.8 Å². The maximum absolute atomic E-state index is 12.0. The van der Waals surface area contributed by atoms with Crippen molar-refractivity contribution in [2.75, 3.05) is 13.2 Å². The molecule has 0 bridgehead atoms. The van der Waals surface area contributed by atoms with E-state index in [0.717, 1.165) is 16.4 Å². The van der Waals surface area contributed by atoms with Gasteiger partial charge in [0.2, 0.25) is 0 Å². The van der Waals surface area contributed by atoms with Crippen molar-refractivity contribution in [2.24, 2.45) is 7.05 Å².